The summed E-state index contributed by atoms with van der Waals surface area (Å²) in [5.41, 5.74) is 5.84. The van der Waals surface area contributed by atoms with Crippen molar-refractivity contribution in [2.45, 2.75) is 0 Å². The van der Waals surface area contributed by atoms with Crippen LogP contribution in [0.25, 0.3) is 0 Å². The number of anilines is 1. The zero-order chi connectivity index (χ0) is 11.5. The average Bonchev–Trinajstić information content (AvgIpc) is 2.26. The zero-order valence-corrected chi connectivity index (χ0v) is 9.74. The number of ether oxygens (including phenoxy) is 1. The predicted octanol–water partition coefficient (Wildman–Crippen LogP) is 3.36. The maximum atomic E-state index is 13.4. The van der Waals surface area contributed by atoms with Crippen LogP contribution >= 0.6 is 15.9 Å². The number of benzene rings is 1. The summed E-state index contributed by atoms with van der Waals surface area (Å²) < 4.78 is 19.5. The number of nitrogen functional groups attached to an aromatic ring is 1. The molecule has 2 N–H and O–H groups in total. The van der Waals surface area contributed by atoms with Gasteiger partial charge in [0.05, 0.1) is 5.69 Å². The summed E-state index contributed by atoms with van der Waals surface area (Å²) in [5, 5.41) is 0. The highest BCUT2D eigenvalue weighted by molar-refractivity contribution is 9.10. The number of rotatable bonds is 2. The molecule has 1 aromatic carbocycles. The first-order chi connectivity index (χ1) is 7.66. The third kappa shape index (κ3) is 2.30. The number of nitrogens with zero attached hydrogens (tertiary/aromatic N) is 1. The van der Waals surface area contributed by atoms with Crippen LogP contribution in [0, 0.1) is 5.82 Å². The van der Waals surface area contributed by atoms with Gasteiger partial charge in [-0.3, -0.25) is 0 Å². The summed E-state index contributed by atoms with van der Waals surface area (Å²) in [6.07, 6.45) is 1.56. The van der Waals surface area contributed by atoms with Crippen LogP contribution in [-0.4, -0.2) is 4.98 Å². The van der Waals surface area contributed by atoms with E-state index in [9.17, 15) is 4.39 Å². The molecule has 0 saturated heterocycles. The van der Waals surface area contributed by atoms with E-state index in [1.807, 2.05) is 0 Å². The molecule has 0 fully saturated rings. The highest BCUT2D eigenvalue weighted by Gasteiger charge is 2.08. The van der Waals surface area contributed by atoms with E-state index in [2.05, 4.69) is 20.9 Å². The molecule has 0 aliphatic heterocycles. The summed E-state index contributed by atoms with van der Waals surface area (Å²) in [7, 11) is 0. The van der Waals surface area contributed by atoms with Crippen molar-refractivity contribution >= 4 is 21.6 Å². The number of nitrogens with two attached hydrogens (primary N) is 1. The Morgan fingerprint density at radius 2 is 2.06 bits per heavy atom. The van der Waals surface area contributed by atoms with E-state index in [4.69, 9.17) is 10.5 Å². The van der Waals surface area contributed by atoms with Gasteiger partial charge in [0.1, 0.15) is 0 Å². The van der Waals surface area contributed by atoms with Gasteiger partial charge < -0.3 is 10.5 Å². The van der Waals surface area contributed by atoms with Crippen molar-refractivity contribution in [3.63, 3.8) is 0 Å². The van der Waals surface area contributed by atoms with Crippen LogP contribution in [0.5, 0.6) is 11.6 Å². The molecule has 0 amide bonds. The Hall–Kier alpha value is -1.62. The first-order valence-electron chi connectivity index (χ1n) is 4.50. The van der Waals surface area contributed by atoms with Crippen LogP contribution in [0.15, 0.2) is 41.0 Å². The average molecular weight is 283 g/mol. The lowest BCUT2D eigenvalue weighted by Gasteiger charge is -2.07. The normalized spacial score (nSPS) is 10.1. The summed E-state index contributed by atoms with van der Waals surface area (Å²) in [6.45, 7) is 0. The second-order valence-electron chi connectivity index (χ2n) is 3.07. The predicted molar refractivity (Wildman–Crippen MR) is 62.8 cm³/mol. The van der Waals surface area contributed by atoms with Crippen molar-refractivity contribution in [2.24, 2.45) is 0 Å². The third-order valence-corrected chi connectivity index (χ3v) is 2.37. The quantitative estimate of drug-likeness (QED) is 0.860. The number of aromatic nitrogens is 1. The molecule has 82 valence electrons. The maximum absolute atomic E-state index is 13.4. The first kappa shape index (κ1) is 10.9. The van der Waals surface area contributed by atoms with Gasteiger partial charge in [0.15, 0.2) is 11.6 Å². The van der Waals surface area contributed by atoms with Gasteiger partial charge in [-0.1, -0.05) is 6.07 Å². The summed E-state index contributed by atoms with van der Waals surface area (Å²) in [5.74, 6) is -0.220. The second-order valence-corrected chi connectivity index (χ2v) is 3.99. The van der Waals surface area contributed by atoms with Crippen LogP contribution in [0.2, 0.25) is 0 Å². The van der Waals surface area contributed by atoms with Crippen LogP contribution in [-0.2, 0) is 0 Å². The van der Waals surface area contributed by atoms with Gasteiger partial charge >= 0.3 is 0 Å². The van der Waals surface area contributed by atoms with Crippen LogP contribution < -0.4 is 10.5 Å². The first-order valence-corrected chi connectivity index (χ1v) is 5.29. The van der Waals surface area contributed by atoms with Gasteiger partial charge in [-0.05, 0) is 34.1 Å². The van der Waals surface area contributed by atoms with E-state index in [0.29, 0.717) is 5.88 Å². The minimum Gasteiger partial charge on any atom is -0.434 e. The number of hydrogen-bond acceptors (Lipinski definition) is 3. The molecular weight excluding hydrogens is 275 g/mol. The Bertz CT molecular complexity index is 482. The van der Waals surface area contributed by atoms with Crippen molar-refractivity contribution in [1.29, 1.82) is 0 Å². The van der Waals surface area contributed by atoms with Crippen molar-refractivity contribution in [2.75, 3.05) is 5.73 Å². The second kappa shape index (κ2) is 4.49. The molecule has 0 bridgehead atoms. The molecule has 0 aliphatic rings. The third-order valence-electron chi connectivity index (χ3n) is 1.90. The highest BCUT2D eigenvalue weighted by atomic mass is 79.9. The standard InChI is InChI=1S/C11H8BrFN2O/c12-7-4-5-10(15-6-7)16-11-8(13)2-1-3-9(11)14/h1-6H,14H2. The molecular formula is C11H8BrFN2O. The van der Waals surface area contributed by atoms with E-state index in [1.165, 1.54) is 12.1 Å². The molecule has 2 aromatic rings. The Balaban J connectivity index is 2.30. The number of para-hydroxylation sites is 1. The molecule has 16 heavy (non-hydrogen) atoms. The van der Waals surface area contributed by atoms with Crippen molar-refractivity contribution < 1.29 is 9.13 Å². The lowest BCUT2D eigenvalue weighted by atomic mass is 10.3. The Kier molecular flexibility index (Phi) is 3.05. The van der Waals surface area contributed by atoms with Gasteiger partial charge in [0, 0.05) is 16.7 Å². The van der Waals surface area contributed by atoms with Gasteiger partial charge in [-0.15, -0.1) is 0 Å². The van der Waals surface area contributed by atoms with Crippen LogP contribution in [0.1, 0.15) is 0 Å². The molecule has 1 heterocycles. The molecule has 0 atom stereocenters. The molecule has 0 aliphatic carbocycles. The van der Waals surface area contributed by atoms with E-state index in [-0.39, 0.29) is 11.4 Å². The van der Waals surface area contributed by atoms with Gasteiger partial charge in [0.25, 0.3) is 0 Å². The zero-order valence-electron chi connectivity index (χ0n) is 8.15. The Morgan fingerprint density at radius 1 is 1.25 bits per heavy atom. The maximum Gasteiger partial charge on any atom is 0.219 e. The van der Waals surface area contributed by atoms with E-state index in [0.717, 1.165) is 4.47 Å². The van der Waals surface area contributed by atoms with E-state index in [1.54, 1.807) is 24.4 Å². The fraction of sp³-hybridized carbons (Fsp3) is 0. The smallest absolute Gasteiger partial charge is 0.219 e. The van der Waals surface area contributed by atoms with E-state index < -0.39 is 5.82 Å². The fourth-order valence-corrected chi connectivity index (χ4v) is 1.39. The monoisotopic (exact) mass is 282 g/mol. The Morgan fingerprint density at radius 3 is 2.69 bits per heavy atom. The Labute approximate surface area is 100 Å². The van der Waals surface area contributed by atoms with Gasteiger partial charge in [-0.2, -0.15) is 0 Å². The number of halogens is 2. The topological polar surface area (TPSA) is 48.1 Å². The summed E-state index contributed by atoms with van der Waals surface area (Å²) >= 11 is 3.24. The molecule has 2 rings (SSSR count). The van der Waals surface area contributed by atoms with E-state index >= 15 is 0 Å². The molecule has 5 heteroatoms. The largest absolute Gasteiger partial charge is 0.434 e. The number of pyridine rings is 1. The summed E-state index contributed by atoms with van der Waals surface area (Å²) in [6, 6.07) is 7.74. The number of hydrogen-bond donors (Lipinski definition) is 1. The molecule has 3 nitrogen and oxygen atoms in total. The minimum atomic E-state index is -0.510. The molecule has 0 unspecified atom stereocenters. The molecule has 0 spiro atoms. The van der Waals surface area contributed by atoms with Crippen LogP contribution in [0.3, 0.4) is 0 Å². The molecule has 0 saturated carbocycles. The van der Waals surface area contributed by atoms with Crippen molar-refractivity contribution in [1.82, 2.24) is 4.98 Å². The molecule has 0 radical (unpaired) electrons. The summed E-state index contributed by atoms with van der Waals surface area (Å²) in [4.78, 5) is 3.96. The SMILES string of the molecule is Nc1cccc(F)c1Oc1ccc(Br)cn1. The van der Waals surface area contributed by atoms with Crippen molar-refractivity contribution in [3.8, 4) is 11.6 Å². The van der Waals surface area contributed by atoms with Gasteiger partial charge in [-0.25, -0.2) is 9.37 Å². The lowest BCUT2D eigenvalue weighted by Crippen LogP contribution is -1.96. The van der Waals surface area contributed by atoms with Crippen molar-refractivity contribution in [3.05, 3.63) is 46.8 Å². The highest BCUT2D eigenvalue weighted by Crippen LogP contribution is 2.29. The fourth-order valence-electron chi connectivity index (χ4n) is 1.16. The minimum absolute atomic E-state index is 0.00248. The van der Waals surface area contributed by atoms with Gasteiger partial charge in [0.2, 0.25) is 5.88 Å². The lowest BCUT2D eigenvalue weighted by molar-refractivity contribution is 0.430. The van der Waals surface area contributed by atoms with Crippen LogP contribution in [0.4, 0.5) is 10.1 Å². The molecule has 1 aromatic heterocycles.